The number of carbonyl (C=O) groups excluding carboxylic acids is 1. The van der Waals surface area contributed by atoms with Crippen LogP contribution in [-0.2, 0) is 16.5 Å². The Morgan fingerprint density at radius 1 is 1.07 bits per heavy atom. The first-order valence-electron chi connectivity index (χ1n) is 8.10. The summed E-state index contributed by atoms with van der Waals surface area (Å²) in [6.07, 6.45) is -4.48. The lowest BCUT2D eigenvalue weighted by Gasteiger charge is -2.41. The SMILES string of the molecule is CN1C(=O)[C@@H](c2ccc(C(F)(F)F)cc2)[C@@](C)(c2ccc(F)cc2)N=C1N. The van der Waals surface area contributed by atoms with Gasteiger partial charge >= 0.3 is 6.18 Å². The Morgan fingerprint density at radius 3 is 2.15 bits per heavy atom. The molecule has 8 heteroatoms. The lowest BCUT2D eigenvalue weighted by atomic mass is 9.74. The van der Waals surface area contributed by atoms with Gasteiger partial charge in [-0.2, -0.15) is 13.2 Å². The second-order valence-electron chi connectivity index (χ2n) is 6.57. The highest BCUT2D eigenvalue weighted by Crippen LogP contribution is 2.44. The fourth-order valence-electron chi connectivity index (χ4n) is 3.27. The van der Waals surface area contributed by atoms with Gasteiger partial charge in [-0.3, -0.25) is 9.69 Å². The van der Waals surface area contributed by atoms with Crippen LogP contribution in [0.1, 0.15) is 29.5 Å². The Morgan fingerprint density at radius 2 is 1.63 bits per heavy atom. The topological polar surface area (TPSA) is 58.7 Å². The Kier molecular flexibility index (Phi) is 4.45. The van der Waals surface area contributed by atoms with E-state index in [0.717, 1.165) is 17.0 Å². The molecule has 27 heavy (non-hydrogen) atoms. The maximum atomic E-state index is 13.3. The summed E-state index contributed by atoms with van der Waals surface area (Å²) >= 11 is 0. The fourth-order valence-corrected chi connectivity index (χ4v) is 3.27. The van der Waals surface area contributed by atoms with Crippen molar-refractivity contribution < 1.29 is 22.4 Å². The number of carbonyl (C=O) groups is 1. The van der Waals surface area contributed by atoms with Crippen molar-refractivity contribution in [1.82, 2.24) is 4.90 Å². The third-order valence-corrected chi connectivity index (χ3v) is 4.83. The molecule has 0 fully saturated rings. The van der Waals surface area contributed by atoms with Gasteiger partial charge in [-0.15, -0.1) is 0 Å². The highest BCUT2D eigenvalue weighted by molar-refractivity contribution is 6.02. The molecule has 1 heterocycles. The van der Waals surface area contributed by atoms with Gasteiger partial charge < -0.3 is 5.73 Å². The number of benzene rings is 2. The van der Waals surface area contributed by atoms with Gasteiger partial charge in [0.2, 0.25) is 5.91 Å². The monoisotopic (exact) mass is 379 g/mol. The highest BCUT2D eigenvalue weighted by atomic mass is 19.4. The van der Waals surface area contributed by atoms with Gasteiger partial charge in [-0.25, -0.2) is 9.38 Å². The zero-order valence-electron chi connectivity index (χ0n) is 14.6. The van der Waals surface area contributed by atoms with Crippen molar-refractivity contribution in [3.8, 4) is 0 Å². The molecule has 1 aliphatic heterocycles. The number of likely N-dealkylation sites (N-methyl/N-ethyl adjacent to an activating group) is 1. The lowest BCUT2D eigenvalue weighted by molar-refractivity contribution is -0.137. The van der Waals surface area contributed by atoms with Crippen LogP contribution in [0.25, 0.3) is 0 Å². The maximum absolute atomic E-state index is 13.3. The first-order chi connectivity index (χ1) is 12.5. The predicted molar refractivity (Wildman–Crippen MR) is 92.3 cm³/mol. The number of amides is 1. The van der Waals surface area contributed by atoms with Crippen molar-refractivity contribution in [1.29, 1.82) is 0 Å². The van der Waals surface area contributed by atoms with Gasteiger partial charge in [-0.05, 0) is 42.3 Å². The molecule has 2 aromatic rings. The molecule has 0 aromatic heterocycles. The summed E-state index contributed by atoms with van der Waals surface area (Å²) in [5.41, 5.74) is 4.75. The summed E-state index contributed by atoms with van der Waals surface area (Å²) in [6, 6.07) is 9.82. The average Bonchev–Trinajstić information content (AvgIpc) is 2.60. The molecule has 0 unspecified atom stereocenters. The number of guanidine groups is 1. The smallest absolute Gasteiger partial charge is 0.369 e. The molecule has 0 bridgehead atoms. The van der Waals surface area contributed by atoms with Gasteiger partial charge in [0, 0.05) is 7.05 Å². The summed E-state index contributed by atoms with van der Waals surface area (Å²) in [6.45, 7) is 1.65. The van der Waals surface area contributed by atoms with Gasteiger partial charge in [0.1, 0.15) is 11.4 Å². The third-order valence-electron chi connectivity index (χ3n) is 4.83. The molecule has 0 radical (unpaired) electrons. The summed E-state index contributed by atoms with van der Waals surface area (Å²) in [4.78, 5) is 18.5. The number of nitrogens with zero attached hydrogens (tertiary/aromatic N) is 2. The van der Waals surface area contributed by atoms with Crippen molar-refractivity contribution in [3.05, 3.63) is 71.0 Å². The molecule has 0 spiro atoms. The molecule has 0 saturated heterocycles. The largest absolute Gasteiger partial charge is 0.416 e. The number of hydrogen-bond acceptors (Lipinski definition) is 3. The number of halogens is 4. The van der Waals surface area contributed by atoms with Crippen molar-refractivity contribution >= 4 is 11.9 Å². The molecule has 142 valence electrons. The van der Waals surface area contributed by atoms with Crippen molar-refractivity contribution in [2.45, 2.75) is 24.6 Å². The van der Waals surface area contributed by atoms with E-state index in [2.05, 4.69) is 4.99 Å². The van der Waals surface area contributed by atoms with Gasteiger partial charge in [0.05, 0.1) is 11.5 Å². The normalized spacial score (nSPS) is 23.3. The molecule has 0 aliphatic carbocycles. The molecule has 2 atom stereocenters. The maximum Gasteiger partial charge on any atom is 0.416 e. The standard InChI is InChI=1S/C19H17F4N3O/c1-18(12-7-9-14(20)10-8-12)15(16(27)26(2)17(24)25-18)11-3-5-13(6-4-11)19(21,22)23/h3-10,15H,1-2H3,(H2,24,25)/t15-,18-/m1/s1. The zero-order valence-corrected chi connectivity index (χ0v) is 14.6. The molecule has 0 saturated carbocycles. The van der Waals surface area contributed by atoms with Crippen LogP contribution in [0.5, 0.6) is 0 Å². The quantitative estimate of drug-likeness (QED) is 0.810. The van der Waals surface area contributed by atoms with E-state index < -0.39 is 34.9 Å². The van der Waals surface area contributed by atoms with Crippen molar-refractivity contribution in [2.75, 3.05) is 7.05 Å². The molecule has 1 amide bonds. The van der Waals surface area contributed by atoms with Gasteiger partial charge in [0.15, 0.2) is 5.96 Å². The predicted octanol–water partition coefficient (Wildman–Crippen LogP) is 3.63. The van der Waals surface area contributed by atoms with E-state index in [1.54, 1.807) is 6.92 Å². The summed E-state index contributed by atoms with van der Waals surface area (Å²) in [7, 11) is 1.45. The van der Waals surface area contributed by atoms with Crippen LogP contribution in [0, 0.1) is 5.82 Å². The zero-order chi connectivity index (χ0) is 20.0. The molecular weight excluding hydrogens is 362 g/mol. The van der Waals surface area contributed by atoms with Crippen molar-refractivity contribution in [3.63, 3.8) is 0 Å². The number of alkyl halides is 3. The summed E-state index contributed by atoms with van der Waals surface area (Å²) < 4.78 is 51.9. The van der Waals surface area contributed by atoms with E-state index in [1.807, 2.05) is 0 Å². The van der Waals surface area contributed by atoms with E-state index in [1.165, 1.54) is 43.4 Å². The summed E-state index contributed by atoms with van der Waals surface area (Å²) in [5, 5.41) is 0. The fraction of sp³-hybridized carbons (Fsp3) is 0.263. The molecule has 2 aromatic carbocycles. The molecule has 2 N–H and O–H groups in total. The minimum atomic E-state index is -4.48. The average molecular weight is 379 g/mol. The summed E-state index contributed by atoms with van der Waals surface area (Å²) in [5.74, 6) is -1.80. The number of hydrogen-bond donors (Lipinski definition) is 1. The first kappa shape index (κ1) is 18.9. The van der Waals surface area contributed by atoms with Crippen LogP contribution in [0.15, 0.2) is 53.5 Å². The first-order valence-corrected chi connectivity index (χ1v) is 8.10. The van der Waals surface area contributed by atoms with E-state index in [9.17, 15) is 22.4 Å². The van der Waals surface area contributed by atoms with Crippen molar-refractivity contribution in [2.24, 2.45) is 10.7 Å². The number of nitrogens with two attached hydrogens (primary N) is 1. The molecule has 3 rings (SSSR count). The number of rotatable bonds is 2. The Labute approximate surface area is 153 Å². The second-order valence-corrected chi connectivity index (χ2v) is 6.57. The molecule has 4 nitrogen and oxygen atoms in total. The minimum Gasteiger partial charge on any atom is -0.369 e. The Hall–Kier alpha value is -2.90. The third kappa shape index (κ3) is 3.27. The number of aliphatic imine (C=N–C) groups is 1. The van der Waals surface area contributed by atoms with E-state index in [4.69, 9.17) is 5.73 Å². The van der Waals surface area contributed by atoms with E-state index in [-0.39, 0.29) is 5.96 Å². The molecular formula is C19H17F4N3O. The lowest BCUT2D eigenvalue weighted by Crippen LogP contribution is -2.52. The highest BCUT2D eigenvalue weighted by Gasteiger charge is 2.47. The van der Waals surface area contributed by atoms with Crippen LogP contribution in [0.4, 0.5) is 17.6 Å². The Bertz CT molecular complexity index is 891. The van der Waals surface area contributed by atoms with E-state index in [0.29, 0.717) is 11.1 Å². The Balaban J connectivity index is 2.14. The van der Waals surface area contributed by atoms with Gasteiger partial charge in [-0.1, -0.05) is 24.3 Å². The molecule has 1 aliphatic rings. The minimum absolute atomic E-state index is 0.0185. The van der Waals surface area contributed by atoms with Crippen LogP contribution >= 0.6 is 0 Å². The van der Waals surface area contributed by atoms with Crippen LogP contribution in [0.2, 0.25) is 0 Å². The second kappa shape index (κ2) is 6.37. The van der Waals surface area contributed by atoms with Gasteiger partial charge in [0.25, 0.3) is 0 Å². The van der Waals surface area contributed by atoms with Crippen LogP contribution in [-0.4, -0.2) is 23.8 Å². The van der Waals surface area contributed by atoms with Crippen LogP contribution in [0.3, 0.4) is 0 Å². The van der Waals surface area contributed by atoms with E-state index >= 15 is 0 Å². The van der Waals surface area contributed by atoms with Crippen LogP contribution < -0.4 is 5.73 Å².